The Bertz CT molecular complexity index is 1140. The summed E-state index contributed by atoms with van der Waals surface area (Å²) in [6, 6.07) is 7.91. The maximum atomic E-state index is 12.6. The van der Waals surface area contributed by atoms with Crippen molar-refractivity contribution in [2.24, 2.45) is 0 Å². The van der Waals surface area contributed by atoms with Gasteiger partial charge in [-0.15, -0.1) is 0 Å². The lowest BCUT2D eigenvalue weighted by molar-refractivity contribution is -0.384. The molecule has 1 heterocycles. The van der Waals surface area contributed by atoms with Crippen LogP contribution in [0.1, 0.15) is 22.3 Å². The minimum atomic E-state index is -0.639. The number of amides is 3. The van der Waals surface area contributed by atoms with Crippen molar-refractivity contribution in [3.05, 3.63) is 72.6 Å². The second-order valence-corrected chi connectivity index (χ2v) is 8.46. The Balaban J connectivity index is 1.76. The zero-order valence-corrected chi connectivity index (χ0v) is 18.5. The zero-order chi connectivity index (χ0) is 22.9. The number of benzene rings is 2. The van der Waals surface area contributed by atoms with Crippen LogP contribution in [0.2, 0.25) is 5.02 Å². The number of rotatable bonds is 5. The van der Waals surface area contributed by atoms with E-state index in [1.165, 1.54) is 24.3 Å². The fraction of sp³-hybridized carbons (Fsp3) is 0.190. The lowest BCUT2D eigenvalue weighted by Gasteiger charge is -2.15. The Morgan fingerprint density at radius 1 is 1.19 bits per heavy atom. The van der Waals surface area contributed by atoms with Crippen molar-refractivity contribution >= 4 is 57.9 Å². The van der Waals surface area contributed by atoms with Crippen LogP contribution in [0.5, 0.6) is 0 Å². The van der Waals surface area contributed by atoms with Gasteiger partial charge in [0.25, 0.3) is 16.8 Å². The number of carbonyl (C=O) groups excluding carboxylic acids is 3. The number of anilines is 1. The molecule has 0 saturated carbocycles. The molecule has 1 fully saturated rings. The smallest absolute Gasteiger partial charge is 0.294 e. The molecule has 0 unspecified atom stereocenters. The van der Waals surface area contributed by atoms with Crippen molar-refractivity contribution in [3.63, 3.8) is 0 Å². The Hall–Kier alpha value is -3.17. The number of halogens is 1. The van der Waals surface area contributed by atoms with Crippen molar-refractivity contribution in [1.82, 2.24) is 4.90 Å². The Labute approximate surface area is 187 Å². The van der Waals surface area contributed by atoms with E-state index in [-0.39, 0.29) is 15.6 Å². The quantitative estimate of drug-likeness (QED) is 0.389. The van der Waals surface area contributed by atoms with E-state index in [4.69, 9.17) is 11.6 Å². The van der Waals surface area contributed by atoms with Gasteiger partial charge in [-0.05, 0) is 61.4 Å². The molecule has 31 heavy (non-hydrogen) atoms. The van der Waals surface area contributed by atoms with E-state index < -0.39 is 28.5 Å². The average molecular weight is 460 g/mol. The molecule has 2 aromatic rings. The van der Waals surface area contributed by atoms with Gasteiger partial charge in [0, 0.05) is 11.8 Å². The van der Waals surface area contributed by atoms with E-state index in [1.807, 2.05) is 32.9 Å². The molecule has 1 N–H and O–H groups in total. The molecule has 0 bridgehead atoms. The number of nitro groups is 1. The Kier molecular flexibility index (Phi) is 6.47. The molecule has 160 valence electrons. The third-order valence-electron chi connectivity index (χ3n) is 4.58. The largest absolute Gasteiger partial charge is 0.324 e. The molecule has 0 aromatic heterocycles. The number of nitro benzene ring substituents is 1. The molecule has 1 saturated heterocycles. The van der Waals surface area contributed by atoms with Gasteiger partial charge in [-0.2, -0.15) is 0 Å². The summed E-state index contributed by atoms with van der Waals surface area (Å²) in [6.07, 6.45) is 1.36. The second-order valence-electron chi connectivity index (χ2n) is 7.06. The predicted octanol–water partition coefficient (Wildman–Crippen LogP) is 4.85. The molecule has 0 aliphatic carbocycles. The van der Waals surface area contributed by atoms with Crippen LogP contribution in [-0.2, 0) is 9.59 Å². The highest BCUT2D eigenvalue weighted by atomic mass is 35.5. The number of hydrogen-bond acceptors (Lipinski definition) is 6. The molecule has 1 aliphatic rings. The van der Waals surface area contributed by atoms with Crippen molar-refractivity contribution in [3.8, 4) is 0 Å². The SMILES string of the molecule is Cc1cc(C)c(NC(=O)CN2C(=O)S/C(=C\c3ccc(Cl)c([N+](=O)[O-])c3)C2=O)c(C)c1. The maximum absolute atomic E-state index is 12.6. The first-order chi connectivity index (χ1) is 14.6. The summed E-state index contributed by atoms with van der Waals surface area (Å²) in [4.78, 5) is 48.8. The van der Waals surface area contributed by atoms with Gasteiger partial charge >= 0.3 is 0 Å². The van der Waals surface area contributed by atoms with E-state index in [9.17, 15) is 24.5 Å². The molecule has 1 aliphatic heterocycles. The number of thioether (sulfide) groups is 1. The molecule has 0 atom stereocenters. The molecule has 10 heteroatoms. The fourth-order valence-electron chi connectivity index (χ4n) is 3.25. The first-order valence-corrected chi connectivity index (χ1v) is 10.3. The molecule has 2 aromatic carbocycles. The lowest BCUT2D eigenvalue weighted by atomic mass is 10.1. The van der Waals surface area contributed by atoms with E-state index in [1.54, 1.807) is 0 Å². The summed E-state index contributed by atoms with van der Waals surface area (Å²) < 4.78 is 0. The van der Waals surface area contributed by atoms with Gasteiger partial charge in [-0.1, -0.05) is 35.4 Å². The second kappa shape index (κ2) is 8.91. The number of hydrogen-bond donors (Lipinski definition) is 1. The van der Waals surface area contributed by atoms with E-state index >= 15 is 0 Å². The van der Waals surface area contributed by atoms with Gasteiger partial charge in [-0.3, -0.25) is 29.4 Å². The Morgan fingerprint density at radius 2 is 1.84 bits per heavy atom. The van der Waals surface area contributed by atoms with Crippen LogP contribution in [0.25, 0.3) is 6.08 Å². The van der Waals surface area contributed by atoms with Gasteiger partial charge < -0.3 is 5.32 Å². The molecular weight excluding hydrogens is 442 g/mol. The van der Waals surface area contributed by atoms with Crippen LogP contribution < -0.4 is 5.32 Å². The topological polar surface area (TPSA) is 110 Å². The van der Waals surface area contributed by atoms with Crippen LogP contribution in [-0.4, -0.2) is 33.4 Å². The summed E-state index contributed by atoms with van der Waals surface area (Å²) in [7, 11) is 0. The summed E-state index contributed by atoms with van der Waals surface area (Å²) in [5.41, 5.74) is 3.50. The summed E-state index contributed by atoms with van der Waals surface area (Å²) >= 11 is 6.46. The van der Waals surface area contributed by atoms with Crippen LogP contribution >= 0.6 is 23.4 Å². The number of imide groups is 1. The fourth-order valence-corrected chi connectivity index (χ4v) is 4.27. The number of nitrogens with one attached hydrogen (secondary N) is 1. The van der Waals surface area contributed by atoms with Gasteiger partial charge in [0.15, 0.2) is 0 Å². The van der Waals surface area contributed by atoms with E-state index in [0.717, 1.165) is 21.6 Å². The van der Waals surface area contributed by atoms with Crippen LogP contribution in [0, 0.1) is 30.9 Å². The first kappa shape index (κ1) is 22.5. The molecule has 8 nitrogen and oxygen atoms in total. The highest BCUT2D eigenvalue weighted by molar-refractivity contribution is 8.18. The van der Waals surface area contributed by atoms with Crippen molar-refractivity contribution in [1.29, 1.82) is 0 Å². The number of aryl methyl sites for hydroxylation is 3. The van der Waals surface area contributed by atoms with Crippen molar-refractivity contribution < 1.29 is 19.3 Å². The standard InChI is InChI=1S/C21H18ClN3O5S/c1-11-6-12(2)19(13(3)7-11)23-18(26)10-24-20(27)17(31-21(24)28)9-14-4-5-15(22)16(8-14)25(29)30/h4-9H,10H2,1-3H3,(H,23,26)/b17-9-. The first-order valence-electron chi connectivity index (χ1n) is 9.14. The third-order valence-corrected chi connectivity index (χ3v) is 5.81. The highest BCUT2D eigenvalue weighted by Crippen LogP contribution is 2.34. The summed E-state index contributed by atoms with van der Waals surface area (Å²) in [6.45, 7) is 5.25. The molecular formula is C21H18ClN3O5S. The molecule has 0 radical (unpaired) electrons. The van der Waals surface area contributed by atoms with Crippen molar-refractivity contribution in [2.75, 3.05) is 11.9 Å². The van der Waals surface area contributed by atoms with Gasteiger partial charge in [0.05, 0.1) is 9.83 Å². The van der Waals surface area contributed by atoms with E-state index in [0.29, 0.717) is 23.0 Å². The van der Waals surface area contributed by atoms with Crippen LogP contribution in [0.3, 0.4) is 0 Å². The maximum Gasteiger partial charge on any atom is 0.294 e. The minimum absolute atomic E-state index is 0.0337. The summed E-state index contributed by atoms with van der Waals surface area (Å²) in [5, 5.41) is 13.2. The zero-order valence-electron chi connectivity index (χ0n) is 16.9. The van der Waals surface area contributed by atoms with Crippen LogP contribution in [0.15, 0.2) is 35.2 Å². The van der Waals surface area contributed by atoms with Gasteiger partial charge in [0.1, 0.15) is 11.6 Å². The van der Waals surface area contributed by atoms with Gasteiger partial charge in [0.2, 0.25) is 5.91 Å². The molecule has 3 rings (SSSR count). The summed E-state index contributed by atoms with van der Waals surface area (Å²) in [5.74, 6) is -1.14. The molecule has 0 spiro atoms. The van der Waals surface area contributed by atoms with Crippen molar-refractivity contribution in [2.45, 2.75) is 20.8 Å². The lowest BCUT2D eigenvalue weighted by Crippen LogP contribution is -2.36. The number of nitrogens with zero attached hydrogens (tertiary/aromatic N) is 2. The number of carbonyl (C=O) groups is 3. The average Bonchev–Trinajstić information content (AvgIpc) is 2.93. The third kappa shape index (κ3) is 4.95. The highest BCUT2D eigenvalue weighted by Gasteiger charge is 2.36. The normalized spacial score (nSPS) is 15.0. The predicted molar refractivity (Wildman–Crippen MR) is 120 cm³/mol. The van der Waals surface area contributed by atoms with Crippen LogP contribution in [0.4, 0.5) is 16.2 Å². The Morgan fingerprint density at radius 3 is 2.45 bits per heavy atom. The monoisotopic (exact) mass is 459 g/mol. The van der Waals surface area contributed by atoms with E-state index in [2.05, 4.69) is 5.32 Å². The minimum Gasteiger partial charge on any atom is -0.324 e. The molecule has 3 amide bonds. The van der Waals surface area contributed by atoms with Gasteiger partial charge in [-0.25, -0.2) is 0 Å².